The molecule has 106 valence electrons. The maximum absolute atomic E-state index is 11.8. The topological polar surface area (TPSA) is 105 Å². The summed E-state index contributed by atoms with van der Waals surface area (Å²) < 4.78 is 4.95. The third-order valence-corrected chi connectivity index (χ3v) is 3.54. The average Bonchev–Trinajstić information content (AvgIpc) is 3.03. The smallest absolute Gasteiger partial charge is 0.345 e. The van der Waals surface area contributed by atoms with Gasteiger partial charge in [0.25, 0.3) is 5.91 Å². The molecular formula is C12H13N3O4S. The first-order valence-corrected chi connectivity index (χ1v) is 6.78. The van der Waals surface area contributed by atoms with Gasteiger partial charge in [0.05, 0.1) is 4.88 Å². The molecule has 2 rings (SSSR count). The number of aromatic nitrogens is 2. The number of thiophene rings is 1. The molecule has 0 unspecified atom stereocenters. The number of carboxylic acids is 1. The normalized spacial score (nSPS) is 10.4. The molecule has 0 atom stereocenters. The van der Waals surface area contributed by atoms with Crippen molar-refractivity contribution in [3.05, 3.63) is 33.6 Å². The Bertz CT molecular complexity index is 620. The molecule has 2 N–H and O–H groups in total. The van der Waals surface area contributed by atoms with Crippen molar-refractivity contribution in [2.45, 2.75) is 19.8 Å². The number of carbonyl (C=O) groups excluding carboxylic acids is 1. The molecular weight excluding hydrogens is 282 g/mol. The first-order valence-electron chi connectivity index (χ1n) is 5.97. The van der Waals surface area contributed by atoms with Gasteiger partial charge in [0.15, 0.2) is 5.82 Å². The number of carbonyl (C=O) groups is 2. The zero-order chi connectivity index (χ0) is 14.5. The number of hydrogen-bond acceptors (Lipinski definition) is 6. The van der Waals surface area contributed by atoms with E-state index in [1.165, 1.54) is 12.1 Å². The largest absolute Gasteiger partial charge is 0.477 e. The van der Waals surface area contributed by atoms with Crippen LogP contribution in [-0.2, 0) is 6.42 Å². The van der Waals surface area contributed by atoms with E-state index >= 15 is 0 Å². The SMILES string of the molecule is Cc1noc(CCCNC(=O)c2ccc(C(=O)O)s2)n1. The molecule has 0 saturated carbocycles. The van der Waals surface area contributed by atoms with E-state index in [0.717, 1.165) is 11.3 Å². The Balaban J connectivity index is 1.75. The van der Waals surface area contributed by atoms with Gasteiger partial charge in [-0.1, -0.05) is 5.16 Å². The molecule has 2 aromatic heterocycles. The zero-order valence-electron chi connectivity index (χ0n) is 10.8. The Labute approximate surface area is 118 Å². The van der Waals surface area contributed by atoms with Crippen LogP contribution in [-0.4, -0.2) is 33.7 Å². The fraction of sp³-hybridized carbons (Fsp3) is 0.333. The monoisotopic (exact) mass is 295 g/mol. The van der Waals surface area contributed by atoms with Crippen LogP contribution in [0.2, 0.25) is 0 Å². The molecule has 0 aliphatic heterocycles. The molecule has 0 fully saturated rings. The van der Waals surface area contributed by atoms with Gasteiger partial charge in [-0.15, -0.1) is 11.3 Å². The van der Waals surface area contributed by atoms with Crippen LogP contribution in [0.4, 0.5) is 0 Å². The fourth-order valence-electron chi connectivity index (χ4n) is 1.55. The number of carboxylic acid groups (broad SMARTS) is 1. The molecule has 7 nitrogen and oxygen atoms in total. The average molecular weight is 295 g/mol. The Morgan fingerprint density at radius 1 is 1.40 bits per heavy atom. The molecule has 0 radical (unpaired) electrons. The third kappa shape index (κ3) is 3.64. The van der Waals surface area contributed by atoms with Gasteiger partial charge in [0, 0.05) is 13.0 Å². The van der Waals surface area contributed by atoms with Crippen LogP contribution in [0.25, 0.3) is 0 Å². The van der Waals surface area contributed by atoms with Crippen LogP contribution in [0.15, 0.2) is 16.7 Å². The second-order valence-electron chi connectivity index (χ2n) is 4.06. The van der Waals surface area contributed by atoms with Gasteiger partial charge in [-0.3, -0.25) is 4.79 Å². The van der Waals surface area contributed by atoms with E-state index in [9.17, 15) is 9.59 Å². The van der Waals surface area contributed by atoms with Crippen molar-refractivity contribution in [1.29, 1.82) is 0 Å². The third-order valence-electron chi connectivity index (χ3n) is 2.46. The van der Waals surface area contributed by atoms with Gasteiger partial charge in [-0.25, -0.2) is 4.79 Å². The van der Waals surface area contributed by atoms with Crippen molar-refractivity contribution < 1.29 is 19.2 Å². The lowest BCUT2D eigenvalue weighted by Gasteiger charge is -2.01. The van der Waals surface area contributed by atoms with Crippen molar-refractivity contribution in [3.63, 3.8) is 0 Å². The highest BCUT2D eigenvalue weighted by Crippen LogP contribution is 2.16. The Hall–Kier alpha value is -2.22. The first-order chi connectivity index (χ1) is 9.56. The molecule has 0 spiro atoms. The minimum absolute atomic E-state index is 0.150. The molecule has 2 heterocycles. The van der Waals surface area contributed by atoms with E-state index in [1.807, 2.05) is 0 Å². The molecule has 0 bridgehead atoms. The fourth-order valence-corrected chi connectivity index (χ4v) is 2.31. The van der Waals surface area contributed by atoms with Gasteiger partial charge in [-0.05, 0) is 25.5 Å². The number of aromatic carboxylic acids is 1. The zero-order valence-corrected chi connectivity index (χ0v) is 11.6. The minimum atomic E-state index is -1.03. The Morgan fingerprint density at radius 2 is 2.15 bits per heavy atom. The lowest BCUT2D eigenvalue weighted by molar-refractivity contribution is 0.0702. The minimum Gasteiger partial charge on any atom is -0.477 e. The van der Waals surface area contributed by atoms with Crippen molar-refractivity contribution >= 4 is 23.2 Å². The van der Waals surface area contributed by atoms with Crippen LogP contribution in [0.5, 0.6) is 0 Å². The molecule has 0 saturated heterocycles. The van der Waals surface area contributed by atoms with Gasteiger partial charge in [0.2, 0.25) is 5.89 Å². The summed E-state index contributed by atoms with van der Waals surface area (Å²) in [7, 11) is 0. The van der Waals surface area contributed by atoms with Crippen LogP contribution < -0.4 is 5.32 Å². The molecule has 1 amide bonds. The lowest BCUT2D eigenvalue weighted by Crippen LogP contribution is -2.23. The number of rotatable bonds is 6. The van der Waals surface area contributed by atoms with Crippen molar-refractivity contribution in [1.82, 2.24) is 15.5 Å². The quantitative estimate of drug-likeness (QED) is 0.782. The molecule has 20 heavy (non-hydrogen) atoms. The van der Waals surface area contributed by atoms with E-state index in [1.54, 1.807) is 6.92 Å². The van der Waals surface area contributed by atoms with Crippen LogP contribution in [0.1, 0.15) is 37.5 Å². The van der Waals surface area contributed by atoms with E-state index in [0.29, 0.717) is 36.0 Å². The van der Waals surface area contributed by atoms with Gasteiger partial charge >= 0.3 is 5.97 Å². The Morgan fingerprint density at radius 3 is 2.75 bits per heavy atom. The summed E-state index contributed by atoms with van der Waals surface area (Å²) in [6.45, 7) is 2.20. The summed E-state index contributed by atoms with van der Waals surface area (Å²) in [5.74, 6) is -0.171. The summed E-state index contributed by atoms with van der Waals surface area (Å²) in [6, 6.07) is 2.92. The Kier molecular flexibility index (Phi) is 4.46. The molecule has 0 aliphatic rings. The van der Waals surface area contributed by atoms with E-state index in [2.05, 4.69) is 15.5 Å². The number of amides is 1. The van der Waals surface area contributed by atoms with E-state index < -0.39 is 5.97 Å². The number of aryl methyl sites for hydroxylation is 2. The standard InChI is InChI=1S/C12H13N3O4S/c1-7-14-10(19-15-7)3-2-6-13-11(16)8-4-5-9(20-8)12(17)18/h4-5H,2-3,6H2,1H3,(H,13,16)(H,17,18). The highest BCUT2D eigenvalue weighted by molar-refractivity contribution is 7.15. The summed E-state index contributed by atoms with van der Waals surface area (Å²) in [5, 5.41) is 15.2. The predicted octanol–water partition coefficient (Wildman–Crippen LogP) is 1.50. The van der Waals surface area contributed by atoms with E-state index in [-0.39, 0.29) is 10.8 Å². The second kappa shape index (κ2) is 6.29. The van der Waals surface area contributed by atoms with Gasteiger partial charge in [0.1, 0.15) is 4.88 Å². The second-order valence-corrected chi connectivity index (χ2v) is 5.15. The summed E-state index contributed by atoms with van der Waals surface area (Å²) in [4.78, 5) is 27.1. The number of hydrogen-bond donors (Lipinski definition) is 2. The van der Waals surface area contributed by atoms with Gasteiger partial charge in [-0.2, -0.15) is 4.98 Å². The molecule has 0 aliphatic carbocycles. The van der Waals surface area contributed by atoms with Crippen molar-refractivity contribution in [2.24, 2.45) is 0 Å². The maximum Gasteiger partial charge on any atom is 0.345 e. The first kappa shape index (κ1) is 14.2. The summed E-state index contributed by atoms with van der Waals surface area (Å²) in [6.07, 6.45) is 1.26. The van der Waals surface area contributed by atoms with Crippen LogP contribution in [0.3, 0.4) is 0 Å². The molecule has 0 aromatic carbocycles. The highest BCUT2D eigenvalue weighted by atomic mass is 32.1. The summed E-state index contributed by atoms with van der Waals surface area (Å²) >= 11 is 0.954. The maximum atomic E-state index is 11.8. The summed E-state index contributed by atoms with van der Waals surface area (Å²) in [5.41, 5.74) is 0. The van der Waals surface area contributed by atoms with Crippen molar-refractivity contribution in [3.8, 4) is 0 Å². The van der Waals surface area contributed by atoms with E-state index in [4.69, 9.17) is 9.63 Å². The van der Waals surface area contributed by atoms with Gasteiger partial charge < -0.3 is 14.9 Å². The van der Waals surface area contributed by atoms with Crippen molar-refractivity contribution in [2.75, 3.05) is 6.54 Å². The lowest BCUT2D eigenvalue weighted by atomic mass is 10.3. The number of nitrogens with one attached hydrogen (secondary N) is 1. The molecule has 8 heteroatoms. The highest BCUT2D eigenvalue weighted by Gasteiger charge is 2.12. The molecule has 2 aromatic rings. The predicted molar refractivity (Wildman–Crippen MR) is 71.0 cm³/mol. The van der Waals surface area contributed by atoms with Crippen LogP contribution in [0, 0.1) is 6.92 Å². The number of nitrogens with zero attached hydrogens (tertiary/aromatic N) is 2. The van der Waals surface area contributed by atoms with Crippen LogP contribution >= 0.6 is 11.3 Å².